The highest BCUT2D eigenvalue weighted by molar-refractivity contribution is 8.14. The number of carbonyl (C=O) groups excluding carboxylic acids is 3. The summed E-state index contributed by atoms with van der Waals surface area (Å²) in [5, 5.41) is 16.0. The number of thioether (sulfide) groups is 1. The molecule has 1 fully saturated rings. The fourth-order valence-electron chi connectivity index (χ4n) is 2.95. The van der Waals surface area contributed by atoms with E-state index in [0.29, 0.717) is 11.3 Å². The Morgan fingerprint density at radius 3 is 2.67 bits per heavy atom. The number of alkyl carbamates (subject to hydrolysis) is 1. The van der Waals surface area contributed by atoms with E-state index in [-0.39, 0.29) is 41.7 Å². The van der Waals surface area contributed by atoms with Crippen LogP contribution < -0.4 is 10.2 Å². The van der Waals surface area contributed by atoms with Gasteiger partial charge in [-0.3, -0.25) is 19.7 Å². The number of ether oxygens (including phenoxy) is 1. The first-order chi connectivity index (χ1) is 15.7. The summed E-state index contributed by atoms with van der Waals surface area (Å²) >= 11 is 2.71. The second-order valence-electron chi connectivity index (χ2n) is 7.30. The van der Waals surface area contributed by atoms with E-state index in [1.54, 1.807) is 19.4 Å². The van der Waals surface area contributed by atoms with Crippen molar-refractivity contribution in [3.63, 3.8) is 0 Å². The molecule has 1 aromatic heterocycles. The van der Waals surface area contributed by atoms with Crippen LogP contribution in [0.3, 0.4) is 0 Å². The number of non-ortho nitro benzene ring substituents is 1. The predicted octanol–water partition coefficient (Wildman–Crippen LogP) is 2.52. The van der Waals surface area contributed by atoms with Crippen LogP contribution in [-0.4, -0.2) is 70.4 Å². The largest absolute Gasteiger partial charge is 0.445 e. The van der Waals surface area contributed by atoms with E-state index < -0.39 is 11.0 Å². The normalized spacial score (nSPS) is 13.2. The fourth-order valence-corrected chi connectivity index (χ4v) is 4.75. The lowest BCUT2D eigenvalue weighted by Gasteiger charge is -2.37. The Bertz CT molecular complexity index is 1020. The number of carbonyl (C=O) groups is 3. The van der Waals surface area contributed by atoms with Gasteiger partial charge in [0.2, 0.25) is 0 Å². The van der Waals surface area contributed by atoms with Crippen LogP contribution in [-0.2, 0) is 16.1 Å². The van der Waals surface area contributed by atoms with Gasteiger partial charge in [-0.25, -0.2) is 9.78 Å². The number of rotatable bonds is 9. The highest BCUT2D eigenvalue weighted by atomic mass is 32.2. The van der Waals surface area contributed by atoms with Crippen LogP contribution >= 0.6 is 23.1 Å². The maximum Gasteiger partial charge on any atom is 0.407 e. The summed E-state index contributed by atoms with van der Waals surface area (Å²) in [6.07, 6.45) is -0.652. The number of nitro groups is 1. The van der Waals surface area contributed by atoms with Crippen molar-refractivity contribution in [2.45, 2.75) is 18.8 Å². The Morgan fingerprint density at radius 2 is 2.03 bits per heavy atom. The van der Waals surface area contributed by atoms with Gasteiger partial charge in [-0.15, -0.1) is 11.3 Å². The van der Waals surface area contributed by atoms with E-state index in [9.17, 15) is 24.5 Å². The third-order valence-electron chi connectivity index (χ3n) is 4.74. The molecule has 2 heterocycles. The van der Waals surface area contributed by atoms with Crippen LogP contribution in [0.4, 0.5) is 15.6 Å². The summed E-state index contributed by atoms with van der Waals surface area (Å²) in [6, 6.07) is 5.71. The number of hydrogen-bond acceptors (Lipinski definition) is 10. The van der Waals surface area contributed by atoms with Crippen molar-refractivity contribution in [2.75, 3.05) is 38.1 Å². The van der Waals surface area contributed by atoms with Gasteiger partial charge < -0.3 is 19.9 Å². The minimum atomic E-state index is -0.652. The zero-order valence-electron chi connectivity index (χ0n) is 18.1. The van der Waals surface area contributed by atoms with Crippen LogP contribution in [0.15, 0.2) is 29.6 Å². The third-order valence-corrected chi connectivity index (χ3v) is 6.61. The number of nitrogens with zero attached hydrogens (tertiary/aromatic N) is 4. The van der Waals surface area contributed by atoms with E-state index in [2.05, 4.69) is 10.3 Å². The minimum absolute atomic E-state index is 0.0253. The third kappa shape index (κ3) is 6.89. The van der Waals surface area contributed by atoms with E-state index >= 15 is 0 Å². The highest BCUT2D eigenvalue weighted by Gasteiger charge is 2.31. The Hall–Kier alpha value is -3.19. The zero-order chi connectivity index (χ0) is 24.0. The quantitative estimate of drug-likeness (QED) is 0.413. The topological polar surface area (TPSA) is 135 Å². The molecule has 0 aliphatic carbocycles. The average Bonchev–Trinajstić information content (AvgIpc) is 3.23. The number of amides is 2. The van der Waals surface area contributed by atoms with Gasteiger partial charge in [0, 0.05) is 62.9 Å². The molecule has 176 valence electrons. The molecule has 2 aromatic rings. The maximum absolute atomic E-state index is 12.6. The van der Waals surface area contributed by atoms with Gasteiger partial charge in [0.1, 0.15) is 12.3 Å². The minimum Gasteiger partial charge on any atom is -0.445 e. The molecule has 13 heteroatoms. The molecule has 0 radical (unpaired) electrons. The van der Waals surface area contributed by atoms with Gasteiger partial charge in [0.25, 0.3) is 11.6 Å². The van der Waals surface area contributed by atoms with Crippen molar-refractivity contribution in [3.05, 3.63) is 51.0 Å². The second-order valence-corrected chi connectivity index (χ2v) is 9.62. The molecule has 1 aliphatic rings. The monoisotopic (exact) mass is 493 g/mol. The lowest BCUT2D eigenvalue weighted by Crippen LogP contribution is -2.49. The second kappa shape index (κ2) is 11.1. The van der Waals surface area contributed by atoms with E-state index in [1.165, 1.54) is 52.3 Å². The van der Waals surface area contributed by atoms with Crippen molar-refractivity contribution < 1.29 is 24.0 Å². The van der Waals surface area contributed by atoms with Gasteiger partial charge in [0.15, 0.2) is 10.2 Å². The van der Waals surface area contributed by atoms with Crippen LogP contribution in [0.25, 0.3) is 0 Å². The van der Waals surface area contributed by atoms with Gasteiger partial charge in [-0.1, -0.05) is 11.8 Å². The molecule has 1 N–H and O–H groups in total. The van der Waals surface area contributed by atoms with E-state index in [0.717, 1.165) is 18.2 Å². The van der Waals surface area contributed by atoms with Crippen molar-refractivity contribution in [1.82, 2.24) is 15.2 Å². The van der Waals surface area contributed by atoms with Gasteiger partial charge in [-0.2, -0.15) is 0 Å². The molecule has 0 atom stereocenters. The first-order valence-corrected chi connectivity index (χ1v) is 11.8. The van der Waals surface area contributed by atoms with E-state index in [4.69, 9.17) is 4.74 Å². The number of anilines is 1. The van der Waals surface area contributed by atoms with Crippen molar-refractivity contribution in [1.29, 1.82) is 0 Å². The molecular formula is C20H23N5O6S2. The van der Waals surface area contributed by atoms with Crippen molar-refractivity contribution in [3.8, 4) is 0 Å². The molecule has 2 amide bonds. The number of nitro benzene ring substituents is 1. The molecular weight excluding hydrogens is 470 g/mol. The van der Waals surface area contributed by atoms with Crippen LogP contribution in [0.2, 0.25) is 0 Å². The molecule has 1 aliphatic heterocycles. The maximum atomic E-state index is 12.6. The summed E-state index contributed by atoms with van der Waals surface area (Å²) in [6.45, 7) is 3.44. The SMILES string of the molecule is CC(=O)SC1CN(c2nc(C(=O)N(C)CCNC(=O)OCc3ccc([N+](=O)[O-])cc3)cs2)C1. The molecule has 1 aromatic carbocycles. The lowest BCUT2D eigenvalue weighted by molar-refractivity contribution is -0.384. The molecule has 11 nitrogen and oxygen atoms in total. The summed E-state index contributed by atoms with van der Waals surface area (Å²) in [5.74, 6) is -0.256. The van der Waals surface area contributed by atoms with Crippen LogP contribution in [0.5, 0.6) is 0 Å². The first kappa shape index (κ1) is 24.5. The van der Waals surface area contributed by atoms with Gasteiger partial charge in [0.05, 0.1) is 4.92 Å². The Labute approximate surface area is 198 Å². The smallest absolute Gasteiger partial charge is 0.407 e. The number of nitrogens with one attached hydrogen (secondary N) is 1. The summed E-state index contributed by atoms with van der Waals surface area (Å²) in [7, 11) is 1.62. The predicted molar refractivity (Wildman–Crippen MR) is 125 cm³/mol. The molecule has 0 unspecified atom stereocenters. The number of thiazole rings is 1. The summed E-state index contributed by atoms with van der Waals surface area (Å²) in [5.41, 5.74) is 0.918. The van der Waals surface area contributed by atoms with Crippen LogP contribution in [0.1, 0.15) is 23.0 Å². The Kier molecular flexibility index (Phi) is 8.22. The van der Waals surface area contributed by atoms with Crippen molar-refractivity contribution >= 4 is 51.0 Å². The zero-order valence-corrected chi connectivity index (χ0v) is 19.7. The number of aromatic nitrogens is 1. The number of likely N-dealkylation sites (N-methyl/N-ethyl adjacent to an activating group) is 1. The number of benzene rings is 1. The summed E-state index contributed by atoms with van der Waals surface area (Å²) in [4.78, 5) is 53.6. The van der Waals surface area contributed by atoms with Crippen molar-refractivity contribution in [2.24, 2.45) is 0 Å². The van der Waals surface area contributed by atoms with E-state index in [1.807, 2.05) is 4.90 Å². The van der Waals surface area contributed by atoms with Gasteiger partial charge in [-0.05, 0) is 17.7 Å². The highest BCUT2D eigenvalue weighted by Crippen LogP contribution is 2.30. The van der Waals surface area contributed by atoms with Crippen LogP contribution in [0, 0.1) is 10.1 Å². The Balaban J connectivity index is 1.36. The standard InChI is InChI=1S/C20H23N5O6S2/c1-13(26)33-16-9-24(10-16)19-22-17(12-32-19)18(27)23(2)8-7-21-20(28)31-11-14-3-5-15(6-4-14)25(29)30/h3-6,12,16H,7-11H2,1-2H3,(H,21,28). The molecule has 3 rings (SSSR count). The molecule has 0 saturated carbocycles. The molecule has 33 heavy (non-hydrogen) atoms. The fraction of sp³-hybridized carbons (Fsp3) is 0.400. The lowest BCUT2D eigenvalue weighted by atomic mass is 10.2. The van der Waals surface area contributed by atoms with Gasteiger partial charge >= 0.3 is 6.09 Å². The number of hydrogen-bond donors (Lipinski definition) is 1. The average molecular weight is 494 g/mol. The summed E-state index contributed by atoms with van der Waals surface area (Å²) < 4.78 is 5.07. The molecule has 1 saturated heterocycles. The Morgan fingerprint density at radius 1 is 1.33 bits per heavy atom. The molecule has 0 bridgehead atoms. The first-order valence-electron chi connectivity index (χ1n) is 10.00. The molecule has 0 spiro atoms.